The molecule has 3 aromatic carbocycles. The number of benzene rings is 3. The molecule has 1 unspecified atom stereocenters. The second-order valence-corrected chi connectivity index (χ2v) is 9.87. The molecule has 0 aliphatic rings. The van der Waals surface area contributed by atoms with Gasteiger partial charge in [-0.3, -0.25) is 0 Å². The summed E-state index contributed by atoms with van der Waals surface area (Å²) in [4.78, 5) is 25.5. The van der Waals surface area contributed by atoms with Gasteiger partial charge in [-0.15, -0.1) is 0 Å². The van der Waals surface area contributed by atoms with E-state index in [1.165, 1.54) is 25.3 Å². The van der Waals surface area contributed by atoms with Crippen molar-refractivity contribution in [2.75, 3.05) is 7.11 Å². The number of aryl methyl sites for hydroxylation is 1. The lowest BCUT2D eigenvalue weighted by Gasteiger charge is -2.17. The Balaban J connectivity index is 1.60. The summed E-state index contributed by atoms with van der Waals surface area (Å²) < 4.78 is 44.1. The van der Waals surface area contributed by atoms with Gasteiger partial charge >= 0.3 is 11.6 Å². The first kappa shape index (κ1) is 24.4. The minimum atomic E-state index is -3.93. The smallest absolute Gasteiger partial charge is 0.344 e. The van der Waals surface area contributed by atoms with Gasteiger partial charge in [0.1, 0.15) is 23.1 Å². The normalized spacial score (nSPS) is 12.5. The fourth-order valence-corrected chi connectivity index (χ4v) is 4.97. The Morgan fingerprint density at radius 3 is 2.34 bits per heavy atom. The summed E-state index contributed by atoms with van der Waals surface area (Å²) >= 11 is 0. The number of methoxy groups -OCH3 is 1. The first-order valence-corrected chi connectivity index (χ1v) is 12.6. The molecule has 4 aromatic rings. The molecule has 0 fully saturated rings. The molecular formula is C26H25NO7S. The lowest BCUT2D eigenvalue weighted by Crippen LogP contribution is -2.42. The van der Waals surface area contributed by atoms with Gasteiger partial charge in [0.2, 0.25) is 10.0 Å². The van der Waals surface area contributed by atoms with Gasteiger partial charge in [-0.25, -0.2) is 18.0 Å². The van der Waals surface area contributed by atoms with Gasteiger partial charge < -0.3 is 13.9 Å². The van der Waals surface area contributed by atoms with Crippen LogP contribution >= 0.6 is 0 Å². The van der Waals surface area contributed by atoms with Crippen molar-refractivity contribution >= 4 is 37.7 Å². The van der Waals surface area contributed by atoms with Gasteiger partial charge in [-0.05, 0) is 55.8 Å². The molecule has 4 rings (SSSR count). The van der Waals surface area contributed by atoms with E-state index in [-0.39, 0.29) is 22.6 Å². The van der Waals surface area contributed by atoms with Crippen molar-refractivity contribution in [2.24, 2.45) is 0 Å². The minimum absolute atomic E-state index is 0.0630. The van der Waals surface area contributed by atoms with E-state index >= 15 is 0 Å². The Labute approximate surface area is 202 Å². The molecule has 0 saturated heterocycles. The third-order valence-electron chi connectivity index (χ3n) is 5.60. The predicted octanol–water partition coefficient (Wildman–Crippen LogP) is 4.32. The van der Waals surface area contributed by atoms with Crippen LogP contribution < -0.4 is 19.8 Å². The third kappa shape index (κ3) is 5.21. The van der Waals surface area contributed by atoms with Crippen LogP contribution in [0.1, 0.15) is 25.3 Å². The Bertz CT molecular complexity index is 1560. The first-order chi connectivity index (χ1) is 16.7. The fourth-order valence-electron chi connectivity index (χ4n) is 3.76. The molecule has 0 aliphatic heterocycles. The predicted molar refractivity (Wildman–Crippen MR) is 132 cm³/mol. The average Bonchev–Trinajstić information content (AvgIpc) is 2.83. The van der Waals surface area contributed by atoms with Gasteiger partial charge in [-0.2, -0.15) is 4.72 Å². The second kappa shape index (κ2) is 9.89. The third-order valence-corrected chi connectivity index (χ3v) is 7.09. The molecule has 0 radical (unpaired) electrons. The molecule has 9 heteroatoms. The van der Waals surface area contributed by atoms with Gasteiger partial charge in [-0.1, -0.05) is 31.0 Å². The molecule has 1 heterocycles. The molecule has 1 aromatic heterocycles. The van der Waals surface area contributed by atoms with Crippen LogP contribution in [0.5, 0.6) is 11.5 Å². The van der Waals surface area contributed by atoms with Crippen molar-refractivity contribution < 1.29 is 27.1 Å². The van der Waals surface area contributed by atoms with Crippen molar-refractivity contribution in [2.45, 2.75) is 37.6 Å². The maximum absolute atomic E-state index is 12.9. The Hall–Kier alpha value is -3.69. The molecule has 0 spiro atoms. The highest BCUT2D eigenvalue weighted by molar-refractivity contribution is 7.89. The van der Waals surface area contributed by atoms with Crippen LogP contribution in [-0.2, 0) is 14.8 Å². The Morgan fingerprint density at radius 1 is 0.971 bits per heavy atom. The van der Waals surface area contributed by atoms with Gasteiger partial charge in [0.15, 0.2) is 0 Å². The number of nitrogens with one attached hydrogen (secondary N) is 1. The molecule has 1 atom stereocenters. The van der Waals surface area contributed by atoms with Crippen LogP contribution in [-0.4, -0.2) is 27.5 Å². The molecule has 0 bridgehead atoms. The topological polar surface area (TPSA) is 112 Å². The molecule has 35 heavy (non-hydrogen) atoms. The van der Waals surface area contributed by atoms with Crippen LogP contribution in [0.2, 0.25) is 0 Å². The van der Waals surface area contributed by atoms with Gasteiger partial charge in [0.25, 0.3) is 0 Å². The first-order valence-electron chi connectivity index (χ1n) is 11.1. The van der Waals surface area contributed by atoms with Crippen LogP contribution in [0.25, 0.3) is 21.7 Å². The average molecular weight is 496 g/mol. The van der Waals surface area contributed by atoms with E-state index in [4.69, 9.17) is 13.9 Å². The van der Waals surface area contributed by atoms with Crippen molar-refractivity contribution in [1.29, 1.82) is 0 Å². The van der Waals surface area contributed by atoms with Crippen LogP contribution in [0.3, 0.4) is 0 Å². The van der Waals surface area contributed by atoms with Crippen molar-refractivity contribution in [3.05, 3.63) is 76.6 Å². The highest BCUT2D eigenvalue weighted by Gasteiger charge is 2.27. The molecule has 0 amide bonds. The van der Waals surface area contributed by atoms with Crippen LogP contribution in [0.15, 0.2) is 74.8 Å². The molecule has 182 valence electrons. The highest BCUT2D eigenvalue weighted by atomic mass is 32.2. The quantitative estimate of drug-likeness (QED) is 0.168. The van der Waals surface area contributed by atoms with Gasteiger partial charge in [0, 0.05) is 16.8 Å². The maximum atomic E-state index is 12.9. The number of carbonyl (C=O) groups excluding carboxylic acids is 1. The Morgan fingerprint density at radius 2 is 1.66 bits per heavy atom. The second-order valence-electron chi connectivity index (χ2n) is 8.16. The van der Waals surface area contributed by atoms with E-state index in [9.17, 15) is 18.0 Å². The lowest BCUT2D eigenvalue weighted by molar-refractivity contribution is -0.136. The van der Waals surface area contributed by atoms with Crippen molar-refractivity contribution in [1.82, 2.24) is 4.72 Å². The zero-order chi connectivity index (χ0) is 25.2. The Kier molecular flexibility index (Phi) is 6.90. The number of hydrogen-bond acceptors (Lipinski definition) is 7. The summed E-state index contributed by atoms with van der Waals surface area (Å²) in [5.74, 6) is -0.0892. The number of hydrogen-bond donors (Lipinski definition) is 1. The van der Waals surface area contributed by atoms with E-state index in [2.05, 4.69) is 4.72 Å². The number of carbonyl (C=O) groups is 1. The van der Waals surface area contributed by atoms with E-state index < -0.39 is 27.7 Å². The summed E-state index contributed by atoms with van der Waals surface area (Å²) in [5.41, 5.74) is 0.609. The summed E-state index contributed by atoms with van der Waals surface area (Å²) in [7, 11) is -2.42. The maximum Gasteiger partial charge on any atom is 0.344 e. The lowest BCUT2D eigenvalue weighted by atomic mass is 10.1. The van der Waals surface area contributed by atoms with Crippen LogP contribution in [0.4, 0.5) is 0 Å². The number of fused-ring (bicyclic) bond motifs is 3. The van der Waals surface area contributed by atoms with E-state index in [0.717, 1.165) is 5.56 Å². The number of esters is 1. The van der Waals surface area contributed by atoms with Gasteiger partial charge in [0.05, 0.1) is 17.4 Å². The van der Waals surface area contributed by atoms with E-state index in [1.54, 1.807) is 42.5 Å². The molecule has 1 N–H and O–H groups in total. The summed E-state index contributed by atoms with van der Waals surface area (Å²) in [6, 6.07) is 15.0. The summed E-state index contributed by atoms with van der Waals surface area (Å²) in [6.07, 6.45) is 0.803. The molecule has 0 saturated carbocycles. The molecule has 0 aliphatic carbocycles. The van der Waals surface area contributed by atoms with E-state index in [1.807, 2.05) is 13.8 Å². The number of rotatable bonds is 8. The van der Waals surface area contributed by atoms with Crippen molar-refractivity contribution in [3.63, 3.8) is 0 Å². The summed E-state index contributed by atoms with van der Waals surface area (Å²) in [6.45, 7) is 3.69. The SMILES string of the molecule is CCCC(NS(=O)(=O)c1ccc(C)cc1)C(=O)Oc1ccc2c(c1)oc(=O)c1cc(OC)ccc12. The fraction of sp³-hybridized carbons (Fsp3) is 0.231. The number of sulfonamides is 1. The largest absolute Gasteiger partial charge is 0.497 e. The van der Waals surface area contributed by atoms with Crippen molar-refractivity contribution in [3.8, 4) is 11.5 Å². The van der Waals surface area contributed by atoms with E-state index in [0.29, 0.717) is 28.3 Å². The zero-order valence-electron chi connectivity index (χ0n) is 19.5. The number of ether oxygens (including phenoxy) is 2. The summed E-state index contributed by atoms with van der Waals surface area (Å²) in [5, 5.41) is 1.70. The highest BCUT2D eigenvalue weighted by Crippen LogP contribution is 2.28. The minimum Gasteiger partial charge on any atom is -0.497 e. The standard InChI is InChI=1S/C26H25NO7S/c1-4-5-23(27-35(30,31)19-10-6-16(2)7-11-19)26(29)33-18-9-13-21-20-12-8-17(32-3)14-22(20)25(28)34-24(21)15-18/h6-15,23,27H,4-5H2,1-3H3. The molecular weight excluding hydrogens is 470 g/mol. The monoisotopic (exact) mass is 495 g/mol. The molecule has 8 nitrogen and oxygen atoms in total. The van der Waals surface area contributed by atoms with Crippen LogP contribution in [0, 0.1) is 6.92 Å². The zero-order valence-corrected chi connectivity index (χ0v) is 20.3.